The maximum atomic E-state index is 12.1. The average Bonchev–Trinajstić information content (AvgIpc) is 2.35. The molecule has 0 saturated carbocycles. The van der Waals surface area contributed by atoms with E-state index in [2.05, 4.69) is 4.72 Å². The van der Waals surface area contributed by atoms with Crippen LogP contribution >= 0.6 is 0 Å². The quantitative estimate of drug-likeness (QED) is 0.661. The fourth-order valence-corrected chi connectivity index (χ4v) is 2.44. The third-order valence-corrected chi connectivity index (χ3v) is 4.95. The highest BCUT2D eigenvalue weighted by molar-refractivity contribution is 7.93. The minimum atomic E-state index is -3.64. The predicted octanol–water partition coefficient (Wildman–Crippen LogP) is 3.05. The first-order chi connectivity index (χ1) is 9.90. The summed E-state index contributed by atoms with van der Waals surface area (Å²) in [7, 11) is -2.37. The number of hydrogen-bond acceptors (Lipinski definition) is 5. The summed E-state index contributed by atoms with van der Waals surface area (Å²) < 4.78 is 31.6. The van der Waals surface area contributed by atoms with Gasteiger partial charge in [-0.2, -0.15) is 0 Å². The van der Waals surface area contributed by atoms with Crippen molar-refractivity contribution in [2.24, 2.45) is 0 Å². The Hall–Kier alpha value is -1.83. The van der Waals surface area contributed by atoms with Crippen LogP contribution < -0.4 is 9.46 Å². The topological polar surface area (TPSA) is 98.5 Å². The van der Waals surface area contributed by atoms with Crippen LogP contribution in [-0.2, 0) is 15.4 Å². The van der Waals surface area contributed by atoms with Crippen LogP contribution in [0.3, 0.4) is 0 Å². The second-order valence-corrected chi connectivity index (χ2v) is 8.52. The zero-order valence-corrected chi connectivity index (χ0v) is 14.4. The zero-order chi connectivity index (χ0) is 17.3. The molecule has 124 valence electrons. The molecule has 7 nitrogen and oxygen atoms in total. The first-order valence-electron chi connectivity index (χ1n) is 6.78. The van der Waals surface area contributed by atoms with E-state index in [4.69, 9.17) is 4.74 Å². The van der Waals surface area contributed by atoms with Crippen molar-refractivity contribution in [3.63, 3.8) is 0 Å². The number of hydrogen-bond donors (Lipinski definition) is 1. The van der Waals surface area contributed by atoms with Crippen molar-refractivity contribution < 1.29 is 18.1 Å². The third-order valence-electron chi connectivity index (χ3n) is 3.21. The van der Waals surface area contributed by atoms with Crippen molar-refractivity contribution >= 4 is 21.4 Å². The maximum absolute atomic E-state index is 12.1. The summed E-state index contributed by atoms with van der Waals surface area (Å²) in [5, 5.41) is 10.6. The predicted molar refractivity (Wildman–Crippen MR) is 86.0 cm³/mol. The fourth-order valence-electron chi connectivity index (χ4n) is 1.74. The molecule has 0 fully saturated rings. The Balaban J connectivity index is 3.60. The van der Waals surface area contributed by atoms with E-state index in [1.54, 1.807) is 6.07 Å². The average molecular weight is 330 g/mol. The second kappa shape index (κ2) is 6.12. The third kappa shape index (κ3) is 3.88. The molecule has 0 unspecified atom stereocenters. The largest absolute Gasteiger partial charge is 0.489 e. The van der Waals surface area contributed by atoms with Crippen LogP contribution in [0.15, 0.2) is 12.1 Å². The summed E-state index contributed by atoms with van der Waals surface area (Å²) in [6, 6.07) is 2.98. The van der Waals surface area contributed by atoms with E-state index in [0.717, 1.165) is 0 Å². The van der Waals surface area contributed by atoms with Gasteiger partial charge in [-0.05, 0) is 30.9 Å². The van der Waals surface area contributed by atoms with Gasteiger partial charge in [0.1, 0.15) is 0 Å². The Kier molecular flexibility index (Phi) is 5.06. The van der Waals surface area contributed by atoms with Gasteiger partial charge in [0, 0.05) is 6.07 Å². The number of nitro groups is 1. The summed E-state index contributed by atoms with van der Waals surface area (Å²) in [5.74, 6) is -0.0952. The van der Waals surface area contributed by atoms with Gasteiger partial charge >= 0.3 is 5.69 Å². The number of nitrogens with zero attached hydrogens (tertiary/aromatic N) is 1. The highest BCUT2D eigenvalue weighted by Crippen LogP contribution is 2.40. The Morgan fingerprint density at radius 3 is 2.18 bits per heavy atom. The van der Waals surface area contributed by atoms with Gasteiger partial charge in [-0.3, -0.25) is 14.8 Å². The molecule has 1 aromatic rings. The molecule has 0 spiro atoms. The molecule has 1 aromatic carbocycles. The SMILES string of the molecule is COc1c(NS(=O)(=O)C(C)C)cc(C(C)(C)C)cc1[N+](=O)[O-]. The van der Waals surface area contributed by atoms with Crippen molar-refractivity contribution in [1.29, 1.82) is 0 Å². The van der Waals surface area contributed by atoms with Crippen LogP contribution in [0.2, 0.25) is 0 Å². The van der Waals surface area contributed by atoms with Crippen molar-refractivity contribution in [1.82, 2.24) is 0 Å². The van der Waals surface area contributed by atoms with Gasteiger partial charge < -0.3 is 4.74 Å². The molecular formula is C14H22N2O5S. The van der Waals surface area contributed by atoms with E-state index in [1.807, 2.05) is 20.8 Å². The number of ether oxygens (including phenoxy) is 1. The van der Waals surface area contributed by atoms with Crippen LogP contribution in [0.4, 0.5) is 11.4 Å². The highest BCUT2D eigenvalue weighted by atomic mass is 32.2. The van der Waals surface area contributed by atoms with Crippen molar-refractivity contribution in [3.05, 3.63) is 27.8 Å². The molecule has 0 atom stereocenters. The summed E-state index contributed by atoms with van der Waals surface area (Å²) in [6.07, 6.45) is 0. The first kappa shape index (κ1) is 18.2. The molecule has 8 heteroatoms. The smallest absolute Gasteiger partial charge is 0.313 e. The minimum Gasteiger partial charge on any atom is -0.489 e. The minimum absolute atomic E-state index is 0.0790. The van der Waals surface area contributed by atoms with E-state index >= 15 is 0 Å². The number of anilines is 1. The number of benzene rings is 1. The summed E-state index contributed by atoms with van der Waals surface area (Å²) in [6.45, 7) is 8.71. The first-order valence-corrected chi connectivity index (χ1v) is 8.33. The van der Waals surface area contributed by atoms with Crippen molar-refractivity contribution in [2.45, 2.75) is 45.3 Å². The van der Waals surface area contributed by atoms with Crippen molar-refractivity contribution in [2.75, 3.05) is 11.8 Å². The molecule has 0 aliphatic carbocycles. The molecule has 1 rings (SSSR count). The second-order valence-electron chi connectivity index (χ2n) is 6.28. The Bertz CT molecular complexity index is 675. The lowest BCUT2D eigenvalue weighted by molar-refractivity contribution is -0.385. The van der Waals surface area contributed by atoms with Crippen molar-refractivity contribution in [3.8, 4) is 5.75 Å². The lowest BCUT2D eigenvalue weighted by atomic mass is 9.86. The van der Waals surface area contributed by atoms with Gasteiger partial charge in [0.2, 0.25) is 15.8 Å². The van der Waals surface area contributed by atoms with Crippen LogP contribution in [0.25, 0.3) is 0 Å². The molecule has 0 aromatic heterocycles. The van der Waals surface area contributed by atoms with E-state index in [-0.39, 0.29) is 22.5 Å². The van der Waals surface area contributed by atoms with Gasteiger partial charge in [0.15, 0.2) is 0 Å². The fraction of sp³-hybridized carbons (Fsp3) is 0.571. The molecule has 0 heterocycles. The van der Waals surface area contributed by atoms with Crippen LogP contribution in [0.1, 0.15) is 40.2 Å². The highest BCUT2D eigenvalue weighted by Gasteiger charge is 2.28. The Morgan fingerprint density at radius 1 is 1.27 bits per heavy atom. The molecule has 0 amide bonds. The summed E-state index contributed by atoms with van der Waals surface area (Å²) in [4.78, 5) is 10.7. The monoisotopic (exact) mass is 330 g/mol. The molecule has 0 aliphatic heterocycles. The van der Waals surface area contributed by atoms with Gasteiger partial charge in [0.05, 0.1) is 23.0 Å². The summed E-state index contributed by atoms with van der Waals surface area (Å²) >= 11 is 0. The molecule has 0 bridgehead atoms. The van der Waals surface area contributed by atoms with Crippen LogP contribution in [0.5, 0.6) is 5.75 Å². The molecule has 1 N–H and O–H groups in total. The van der Waals surface area contributed by atoms with Crippen LogP contribution in [0, 0.1) is 10.1 Å². The normalized spacial score (nSPS) is 12.3. The molecule has 0 aliphatic rings. The molecule has 22 heavy (non-hydrogen) atoms. The van der Waals surface area contributed by atoms with Gasteiger partial charge in [0.25, 0.3) is 0 Å². The van der Waals surface area contributed by atoms with Gasteiger partial charge in [-0.25, -0.2) is 8.42 Å². The van der Waals surface area contributed by atoms with E-state index in [1.165, 1.54) is 27.0 Å². The lowest BCUT2D eigenvalue weighted by Crippen LogP contribution is -2.23. The molecule has 0 saturated heterocycles. The van der Waals surface area contributed by atoms with Gasteiger partial charge in [-0.15, -0.1) is 0 Å². The van der Waals surface area contributed by atoms with E-state index < -0.39 is 20.2 Å². The Labute approximate surface area is 130 Å². The van der Waals surface area contributed by atoms with Gasteiger partial charge in [-0.1, -0.05) is 20.8 Å². The number of methoxy groups -OCH3 is 1. The Morgan fingerprint density at radius 2 is 1.82 bits per heavy atom. The number of rotatable bonds is 5. The zero-order valence-electron chi connectivity index (χ0n) is 13.6. The molecule has 0 radical (unpaired) electrons. The van der Waals surface area contributed by atoms with Crippen LogP contribution in [-0.4, -0.2) is 25.7 Å². The maximum Gasteiger partial charge on any atom is 0.313 e. The number of sulfonamides is 1. The number of nitro benzene ring substituents is 1. The summed E-state index contributed by atoms with van der Waals surface area (Å²) in [5.41, 5.74) is 0.0721. The van der Waals surface area contributed by atoms with E-state index in [0.29, 0.717) is 5.56 Å². The molecular weight excluding hydrogens is 308 g/mol. The number of nitrogens with one attached hydrogen (secondary N) is 1. The standard InChI is InChI=1S/C14H22N2O5S/c1-9(2)22(19,20)15-11-7-10(14(3,4)5)8-12(16(17)18)13(11)21-6/h7-9,15H,1-6H3. The lowest BCUT2D eigenvalue weighted by Gasteiger charge is -2.22. The van der Waals surface area contributed by atoms with E-state index in [9.17, 15) is 18.5 Å².